The lowest BCUT2D eigenvalue weighted by atomic mass is 9.93. The van der Waals surface area contributed by atoms with Crippen molar-refractivity contribution in [3.63, 3.8) is 0 Å². The Hall–Kier alpha value is -1.98. The van der Waals surface area contributed by atoms with Crippen molar-refractivity contribution in [2.75, 3.05) is 45.6 Å². The quantitative estimate of drug-likeness (QED) is 0.539. The molecule has 2 aromatic rings. The summed E-state index contributed by atoms with van der Waals surface area (Å²) in [5, 5.41) is 5.54. The molecule has 0 saturated carbocycles. The van der Waals surface area contributed by atoms with E-state index in [1.165, 1.54) is 10.6 Å². The van der Waals surface area contributed by atoms with Gasteiger partial charge in [-0.25, -0.2) is 8.42 Å². The third-order valence-electron chi connectivity index (χ3n) is 6.82. The SMILES string of the molecule is CC(CC(N)=O)c1cc(-c2nn(CCCN3CCOCC3)c3c2CN(S(C)(=O)=O)CC3)ccc1Cl. The molecule has 0 bridgehead atoms. The highest BCUT2D eigenvalue weighted by Gasteiger charge is 2.30. The van der Waals surface area contributed by atoms with E-state index in [9.17, 15) is 13.2 Å². The maximum absolute atomic E-state index is 12.3. The fourth-order valence-electron chi connectivity index (χ4n) is 4.92. The molecule has 0 aliphatic carbocycles. The van der Waals surface area contributed by atoms with Gasteiger partial charge in [-0.15, -0.1) is 0 Å². The van der Waals surface area contributed by atoms with Crippen LogP contribution >= 0.6 is 11.6 Å². The van der Waals surface area contributed by atoms with E-state index in [0.717, 1.165) is 73.9 Å². The summed E-state index contributed by atoms with van der Waals surface area (Å²) in [6.45, 7) is 7.83. The first kappa shape index (κ1) is 26.1. The molecule has 192 valence electrons. The Kier molecular flexibility index (Phi) is 8.17. The highest BCUT2D eigenvalue weighted by Crippen LogP contribution is 2.35. The number of fused-ring (bicyclic) bond motifs is 1. The highest BCUT2D eigenvalue weighted by atomic mass is 35.5. The van der Waals surface area contributed by atoms with Crippen LogP contribution in [0.1, 0.15) is 42.5 Å². The molecule has 4 rings (SSSR count). The molecule has 1 aromatic carbocycles. The smallest absolute Gasteiger partial charge is 0.218 e. The molecule has 0 radical (unpaired) electrons. The van der Waals surface area contributed by atoms with Gasteiger partial charge < -0.3 is 10.5 Å². The van der Waals surface area contributed by atoms with E-state index in [1.54, 1.807) is 0 Å². The molecule has 1 fully saturated rings. The number of morpholine rings is 1. The lowest BCUT2D eigenvalue weighted by Gasteiger charge is -2.27. The summed E-state index contributed by atoms with van der Waals surface area (Å²) < 4.78 is 33.6. The van der Waals surface area contributed by atoms with Gasteiger partial charge in [0.1, 0.15) is 0 Å². The summed E-state index contributed by atoms with van der Waals surface area (Å²) in [5.41, 5.74) is 9.89. The van der Waals surface area contributed by atoms with E-state index < -0.39 is 10.0 Å². The minimum atomic E-state index is -3.33. The number of amides is 1. The number of sulfonamides is 1. The standard InChI is InChI=1S/C24H34ClN5O4S/c1-17(14-23(26)31)19-15-18(4-5-21(19)25)24-20-16-29(35(2,32)33)9-6-22(20)30(27-24)8-3-7-28-10-12-34-13-11-28/h4-5,15,17H,3,6-14,16H2,1-2H3,(H2,26,31). The van der Waals surface area contributed by atoms with Gasteiger partial charge in [0, 0.05) is 74.0 Å². The minimum absolute atomic E-state index is 0.140. The second kappa shape index (κ2) is 11.0. The average Bonchev–Trinajstić information content (AvgIpc) is 3.17. The van der Waals surface area contributed by atoms with Crippen LogP contribution in [-0.4, -0.2) is 79.0 Å². The third kappa shape index (κ3) is 6.24. The van der Waals surface area contributed by atoms with Crippen molar-refractivity contribution in [1.82, 2.24) is 19.0 Å². The van der Waals surface area contributed by atoms with Crippen molar-refractivity contribution in [3.8, 4) is 11.3 Å². The van der Waals surface area contributed by atoms with Crippen molar-refractivity contribution >= 4 is 27.5 Å². The molecular formula is C24H34ClN5O4S. The summed E-state index contributed by atoms with van der Waals surface area (Å²) in [5.74, 6) is -0.524. The number of rotatable bonds is 9. The van der Waals surface area contributed by atoms with E-state index in [2.05, 4.69) is 4.90 Å². The van der Waals surface area contributed by atoms with Gasteiger partial charge in [-0.3, -0.25) is 14.4 Å². The van der Waals surface area contributed by atoms with Crippen LogP contribution in [0.5, 0.6) is 0 Å². The predicted molar refractivity (Wildman–Crippen MR) is 136 cm³/mol. The van der Waals surface area contributed by atoms with Crippen LogP contribution < -0.4 is 5.73 Å². The van der Waals surface area contributed by atoms with E-state index in [-0.39, 0.29) is 18.2 Å². The number of benzene rings is 1. The second-order valence-corrected chi connectivity index (χ2v) is 11.8. The molecule has 1 unspecified atom stereocenters. The van der Waals surface area contributed by atoms with Crippen molar-refractivity contribution in [3.05, 3.63) is 40.0 Å². The molecule has 35 heavy (non-hydrogen) atoms. The van der Waals surface area contributed by atoms with E-state index in [4.69, 9.17) is 27.2 Å². The number of carbonyl (C=O) groups excluding carboxylic acids is 1. The molecule has 1 saturated heterocycles. The van der Waals surface area contributed by atoms with Gasteiger partial charge in [-0.2, -0.15) is 9.40 Å². The van der Waals surface area contributed by atoms with E-state index >= 15 is 0 Å². The summed E-state index contributed by atoms with van der Waals surface area (Å²) in [4.78, 5) is 13.9. The number of hydrogen-bond acceptors (Lipinski definition) is 6. The summed E-state index contributed by atoms with van der Waals surface area (Å²) in [7, 11) is -3.33. The molecule has 2 aliphatic heterocycles. The first-order valence-corrected chi connectivity index (χ1v) is 14.3. The first-order chi connectivity index (χ1) is 16.6. The van der Waals surface area contributed by atoms with E-state index in [1.807, 2.05) is 29.8 Å². The van der Waals surface area contributed by atoms with Crippen LogP contribution in [0.15, 0.2) is 18.2 Å². The lowest BCUT2D eigenvalue weighted by molar-refractivity contribution is -0.118. The average molecular weight is 524 g/mol. The van der Waals surface area contributed by atoms with Crippen LogP contribution in [0.4, 0.5) is 0 Å². The molecule has 2 aliphatic rings. The first-order valence-electron chi connectivity index (χ1n) is 12.1. The Morgan fingerprint density at radius 3 is 2.66 bits per heavy atom. The summed E-state index contributed by atoms with van der Waals surface area (Å²) in [6.07, 6.45) is 3.01. The molecule has 9 nitrogen and oxygen atoms in total. The molecule has 1 atom stereocenters. The number of hydrogen-bond donors (Lipinski definition) is 1. The Bertz CT molecular complexity index is 1180. The van der Waals surface area contributed by atoms with Crippen LogP contribution in [0.2, 0.25) is 5.02 Å². The Morgan fingerprint density at radius 2 is 1.97 bits per heavy atom. The topological polar surface area (TPSA) is 111 Å². The number of nitrogens with two attached hydrogens (primary N) is 1. The Labute approximate surface area is 212 Å². The normalized spacial score (nSPS) is 18.4. The predicted octanol–water partition coefficient (Wildman–Crippen LogP) is 2.22. The number of aryl methyl sites for hydroxylation is 1. The largest absolute Gasteiger partial charge is 0.379 e. The van der Waals surface area contributed by atoms with Gasteiger partial charge in [0.2, 0.25) is 15.9 Å². The molecule has 3 heterocycles. The minimum Gasteiger partial charge on any atom is -0.379 e. The maximum atomic E-state index is 12.3. The highest BCUT2D eigenvalue weighted by molar-refractivity contribution is 7.88. The molecule has 1 aromatic heterocycles. The van der Waals surface area contributed by atoms with Crippen molar-refractivity contribution in [2.24, 2.45) is 5.73 Å². The second-order valence-electron chi connectivity index (χ2n) is 9.46. The van der Waals surface area contributed by atoms with E-state index in [0.29, 0.717) is 24.5 Å². The zero-order valence-electron chi connectivity index (χ0n) is 20.4. The number of primary amides is 1. The fourth-order valence-corrected chi connectivity index (χ4v) is 6.01. The Balaban J connectivity index is 1.65. The summed E-state index contributed by atoms with van der Waals surface area (Å²) in [6, 6.07) is 5.67. The Morgan fingerprint density at radius 1 is 1.23 bits per heavy atom. The van der Waals surface area contributed by atoms with Gasteiger partial charge in [0.05, 0.1) is 25.2 Å². The van der Waals surface area contributed by atoms with Crippen LogP contribution in [0, 0.1) is 0 Å². The molecule has 2 N–H and O–H groups in total. The van der Waals surface area contributed by atoms with Crippen LogP contribution in [0.25, 0.3) is 11.3 Å². The number of halogens is 1. The van der Waals surface area contributed by atoms with Gasteiger partial charge in [0.15, 0.2) is 0 Å². The number of aromatic nitrogens is 2. The number of nitrogens with zero attached hydrogens (tertiary/aromatic N) is 4. The van der Waals surface area contributed by atoms with Gasteiger partial charge >= 0.3 is 0 Å². The number of ether oxygens (including phenoxy) is 1. The van der Waals surface area contributed by atoms with Crippen LogP contribution in [-0.2, 0) is 39.1 Å². The molecule has 11 heteroatoms. The van der Waals surface area contributed by atoms with Crippen molar-refractivity contribution < 1.29 is 17.9 Å². The van der Waals surface area contributed by atoms with Crippen molar-refractivity contribution in [1.29, 1.82) is 0 Å². The fraction of sp³-hybridized carbons (Fsp3) is 0.583. The molecule has 1 amide bonds. The van der Waals surface area contributed by atoms with Gasteiger partial charge in [-0.1, -0.05) is 24.6 Å². The number of carbonyl (C=O) groups is 1. The van der Waals surface area contributed by atoms with Crippen LogP contribution in [0.3, 0.4) is 0 Å². The summed E-state index contributed by atoms with van der Waals surface area (Å²) >= 11 is 6.46. The third-order valence-corrected chi connectivity index (χ3v) is 8.42. The van der Waals surface area contributed by atoms with Gasteiger partial charge in [-0.05, 0) is 30.0 Å². The molecule has 0 spiro atoms. The zero-order chi connectivity index (χ0) is 25.2. The van der Waals surface area contributed by atoms with Crippen molar-refractivity contribution in [2.45, 2.75) is 45.2 Å². The maximum Gasteiger partial charge on any atom is 0.218 e. The van der Waals surface area contributed by atoms with Gasteiger partial charge in [0.25, 0.3) is 0 Å². The zero-order valence-corrected chi connectivity index (χ0v) is 21.9. The molecular weight excluding hydrogens is 490 g/mol. The lowest BCUT2D eigenvalue weighted by Crippen LogP contribution is -2.37. The monoisotopic (exact) mass is 523 g/mol.